The molecule has 1 fully saturated rings. The van der Waals surface area contributed by atoms with E-state index in [1.54, 1.807) is 0 Å². The molecule has 0 saturated carbocycles. The van der Waals surface area contributed by atoms with E-state index in [0.717, 1.165) is 37.9 Å². The number of benzene rings is 1. The Morgan fingerprint density at radius 3 is 2.84 bits per heavy atom. The van der Waals surface area contributed by atoms with Crippen LogP contribution in [0, 0.1) is 0 Å². The highest BCUT2D eigenvalue weighted by Gasteiger charge is 2.18. The van der Waals surface area contributed by atoms with Crippen molar-refractivity contribution in [1.29, 1.82) is 0 Å². The first-order chi connectivity index (χ1) is 8.83. The van der Waals surface area contributed by atoms with Crippen LogP contribution < -0.4 is 10.6 Å². The zero-order valence-corrected chi connectivity index (χ0v) is 11.9. The first-order valence-electron chi connectivity index (χ1n) is 6.96. The molecule has 4 heteroatoms. The highest BCUT2D eigenvalue weighted by Crippen LogP contribution is 2.22. The minimum absolute atomic E-state index is 0. The van der Waals surface area contributed by atoms with Crippen LogP contribution in [-0.2, 0) is 12.8 Å². The number of amides is 1. The highest BCUT2D eigenvalue weighted by atomic mass is 35.5. The molecule has 1 amide bonds. The van der Waals surface area contributed by atoms with Crippen molar-refractivity contribution < 1.29 is 4.79 Å². The lowest BCUT2D eigenvalue weighted by Crippen LogP contribution is -2.45. The Hall–Kier alpha value is -1.06. The fourth-order valence-corrected chi connectivity index (χ4v) is 2.96. The van der Waals surface area contributed by atoms with E-state index >= 15 is 0 Å². The van der Waals surface area contributed by atoms with Crippen LogP contribution in [0.5, 0.6) is 0 Å². The molecule has 2 aliphatic rings. The number of fused-ring (bicyclic) bond motifs is 1. The van der Waals surface area contributed by atoms with E-state index in [1.165, 1.54) is 24.0 Å². The minimum Gasteiger partial charge on any atom is -0.348 e. The van der Waals surface area contributed by atoms with E-state index in [0.29, 0.717) is 6.04 Å². The Bertz CT molecular complexity index is 455. The van der Waals surface area contributed by atoms with E-state index in [1.807, 2.05) is 6.07 Å². The molecule has 1 aromatic rings. The van der Waals surface area contributed by atoms with Crippen LogP contribution in [0.3, 0.4) is 0 Å². The van der Waals surface area contributed by atoms with Crippen LogP contribution in [0.15, 0.2) is 18.2 Å². The summed E-state index contributed by atoms with van der Waals surface area (Å²) in [4.78, 5) is 12.2. The third kappa shape index (κ3) is 3.28. The van der Waals surface area contributed by atoms with Gasteiger partial charge in [-0.05, 0) is 61.9 Å². The maximum atomic E-state index is 12.2. The Balaban J connectivity index is 0.00000133. The monoisotopic (exact) mass is 280 g/mol. The fourth-order valence-electron chi connectivity index (χ4n) is 2.96. The summed E-state index contributed by atoms with van der Waals surface area (Å²) in [5.74, 6) is 0.0819. The summed E-state index contributed by atoms with van der Waals surface area (Å²) < 4.78 is 0. The Morgan fingerprint density at radius 1 is 1.21 bits per heavy atom. The van der Waals surface area contributed by atoms with E-state index in [-0.39, 0.29) is 18.3 Å². The van der Waals surface area contributed by atoms with Crippen molar-refractivity contribution in [2.24, 2.45) is 0 Å². The predicted octanol–water partition coefficient (Wildman–Crippen LogP) is 2.08. The molecule has 0 spiro atoms. The van der Waals surface area contributed by atoms with Gasteiger partial charge < -0.3 is 10.6 Å². The first kappa shape index (κ1) is 14.4. The van der Waals surface area contributed by atoms with Gasteiger partial charge in [-0.25, -0.2) is 0 Å². The molecule has 1 heterocycles. The quantitative estimate of drug-likeness (QED) is 0.871. The molecular formula is C15H21ClN2O. The molecule has 0 bridgehead atoms. The maximum Gasteiger partial charge on any atom is 0.251 e. The molecule has 1 saturated heterocycles. The van der Waals surface area contributed by atoms with E-state index in [4.69, 9.17) is 0 Å². The van der Waals surface area contributed by atoms with Gasteiger partial charge in [0.2, 0.25) is 0 Å². The van der Waals surface area contributed by atoms with Gasteiger partial charge in [0.1, 0.15) is 0 Å². The lowest BCUT2D eigenvalue weighted by Gasteiger charge is -2.23. The number of piperidine rings is 1. The Labute approximate surface area is 120 Å². The third-order valence-corrected chi connectivity index (χ3v) is 3.99. The number of carbonyl (C=O) groups excluding carboxylic acids is 1. The molecule has 1 unspecified atom stereocenters. The molecule has 3 rings (SSSR count). The maximum absolute atomic E-state index is 12.2. The summed E-state index contributed by atoms with van der Waals surface area (Å²) in [6, 6.07) is 6.46. The molecule has 104 valence electrons. The van der Waals surface area contributed by atoms with Crippen LogP contribution >= 0.6 is 12.4 Å². The molecule has 1 aliphatic heterocycles. The summed E-state index contributed by atoms with van der Waals surface area (Å²) in [6.07, 6.45) is 5.76. The average molecular weight is 281 g/mol. The summed E-state index contributed by atoms with van der Waals surface area (Å²) in [6.45, 7) is 1.97. The zero-order valence-electron chi connectivity index (χ0n) is 11.1. The lowest BCUT2D eigenvalue weighted by atomic mass is 10.0. The lowest BCUT2D eigenvalue weighted by molar-refractivity contribution is 0.0930. The van der Waals surface area contributed by atoms with Gasteiger partial charge >= 0.3 is 0 Å². The first-order valence-corrected chi connectivity index (χ1v) is 6.96. The normalized spacial score (nSPS) is 21.4. The van der Waals surface area contributed by atoms with Gasteiger partial charge in [-0.2, -0.15) is 0 Å². The van der Waals surface area contributed by atoms with Gasteiger partial charge in [-0.1, -0.05) is 6.07 Å². The smallest absolute Gasteiger partial charge is 0.251 e. The second kappa shape index (κ2) is 6.40. The van der Waals surface area contributed by atoms with Gasteiger partial charge in [0.25, 0.3) is 5.91 Å². The molecular weight excluding hydrogens is 260 g/mol. The number of halogens is 1. The van der Waals surface area contributed by atoms with E-state index < -0.39 is 0 Å². The number of hydrogen-bond acceptors (Lipinski definition) is 2. The Kier molecular flexibility index (Phi) is 4.83. The molecule has 1 aliphatic carbocycles. The van der Waals surface area contributed by atoms with Crippen LogP contribution in [0.4, 0.5) is 0 Å². The minimum atomic E-state index is 0. The molecule has 0 aromatic heterocycles. The van der Waals surface area contributed by atoms with Gasteiger partial charge in [0.15, 0.2) is 0 Å². The molecule has 2 N–H and O–H groups in total. The van der Waals surface area contributed by atoms with Crippen LogP contribution in [0.25, 0.3) is 0 Å². The molecule has 0 radical (unpaired) electrons. The van der Waals surface area contributed by atoms with Gasteiger partial charge in [-0.15, -0.1) is 12.4 Å². The summed E-state index contributed by atoms with van der Waals surface area (Å²) in [7, 11) is 0. The number of aryl methyl sites for hydroxylation is 2. The van der Waals surface area contributed by atoms with Crippen molar-refractivity contribution in [3.05, 3.63) is 34.9 Å². The van der Waals surface area contributed by atoms with E-state index in [2.05, 4.69) is 22.8 Å². The summed E-state index contributed by atoms with van der Waals surface area (Å²) >= 11 is 0. The standard InChI is InChI=1S/C15H20N2O.ClH/c18-15(17-14-5-2-8-16-10-14)13-7-6-11-3-1-4-12(11)9-13;/h6-7,9,14,16H,1-5,8,10H2,(H,17,18);1H. The molecule has 1 aromatic carbocycles. The second-order valence-corrected chi connectivity index (χ2v) is 5.35. The van der Waals surface area contributed by atoms with Crippen molar-refractivity contribution in [2.75, 3.05) is 13.1 Å². The predicted molar refractivity (Wildman–Crippen MR) is 79.1 cm³/mol. The number of carbonyl (C=O) groups is 1. The van der Waals surface area contributed by atoms with Gasteiger partial charge in [-0.3, -0.25) is 4.79 Å². The van der Waals surface area contributed by atoms with Gasteiger partial charge in [0, 0.05) is 18.2 Å². The van der Waals surface area contributed by atoms with Crippen molar-refractivity contribution >= 4 is 18.3 Å². The summed E-state index contributed by atoms with van der Waals surface area (Å²) in [5.41, 5.74) is 3.61. The largest absolute Gasteiger partial charge is 0.348 e. The summed E-state index contributed by atoms with van der Waals surface area (Å²) in [5, 5.41) is 6.44. The SMILES string of the molecule is Cl.O=C(NC1CCCNC1)c1ccc2c(c1)CCC2. The van der Waals surface area contributed by atoms with Gasteiger partial charge in [0.05, 0.1) is 0 Å². The van der Waals surface area contributed by atoms with E-state index in [9.17, 15) is 4.79 Å². The van der Waals surface area contributed by atoms with Crippen LogP contribution in [0.2, 0.25) is 0 Å². The van der Waals surface area contributed by atoms with Crippen LogP contribution in [0.1, 0.15) is 40.7 Å². The number of hydrogen-bond donors (Lipinski definition) is 2. The zero-order chi connectivity index (χ0) is 12.4. The molecule has 1 atom stereocenters. The molecule has 19 heavy (non-hydrogen) atoms. The average Bonchev–Trinajstić information content (AvgIpc) is 2.87. The number of nitrogens with one attached hydrogen (secondary N) is 2. The van der Waals surface area contributed by atoms with Crippen molar-refractivity contribution in [2.45, 2.75) is 38.1 Å². The van der Waals surface area contributed by atoms with Crippen molar-refractivity contribution in [3.8, 4) is 0 Å². The third-order valence-electron chi connectivity index (χ3n) is 3.99. The number of rotatable bonds is 2. The van der Waals surface area contributed by atoms with Crippen molar-refractivity contribution in [3.63, 3.8) is 0 Å². The fraction of sp³-hybridized carbons (Fsp3) is 0.533. The topological polar surface area (TPSA) is 41.1 Å². The Morgan fingerprint density at radius 2 is 2.05 bits per heavy atom. The van der Waals surface area contributed by atoms with Crippen LogP contribution in [-0.4, -0.2) is 25.0 Å². The highest BCUT2D eigenvalue weighted by molar-refractivity contribution is 5.94. The molecule has 3 nitrogen and oxygen atoms in total. The second-order valence-electron chi connectivity index (χ2n) is 5.35. The van der Waals surface area contributed by atoms with Crippen molar-refractivity contribution in [1.82, 2.24) is 10.6 Å².